The third-order valence-corrected chi connectivity index (χ3v) is 4.77. The fraction of sp³-hybridized carbons (Fsp3) is 0.625. The molecule has 5 nitrogen and oxygen atoms in total. The summed E-state index contributed by atoms with van der Waals surface area (Å²) < 4.78 is 0. The molecule has 23 heavy (non-hydrogen) atoms. The highest BCUT2D eigenvalue weighted by Crippen LogP contribution is 2.27. The van der Waals surface area contributed by atoms with Gasteiger partial charge in [0.2, 0.25) is 5.91 Å². The number of hydrogen-bond donors (Lipinski definition) is 3. The summed E-state index contributed by atoms with van der Waals surface area (Å²) in [6.45, 7) is 11.9. The Bertz CT molecular complexity index is 512. The van der Waals surface area contributed by atoms with Crippen LogP contribution in [0, 0.1) is 5.41 Å². The maximum atomic E-state index is 11.4. The second kappa shape index (κ2) is 9.46. The Labute approximate surface area is 160 Å². The molecular weight excluding hydrogens is 423 g/mol. The molecule has 0 unspecified atom stereocenters. The molecule has 1 aromatic rings. The zero-order valence-corrected chi connectivity index (χ0v) is 17.7. The van der Waals surface area contributed by atoms with Crippen LogP contribution in [0.25, 0.3) is 0 Å². The Kier molecular flexibility index (Phi) is 9.12. The molecule has 1 rings (SSSR count). The maximum Gasteiger partial charge on any atom is 0.224 e. The Morgan fingerprint density at radius 1 is 1.30 bits per heavy atom. The molecule has 0 saturated heterocycles. The van der Waals surface area contributed by atoms with E-state index in [9.17, 15) is 4.79 Å². The summed E-state index contributed by atoms with van der Waals surface area (Å²) in [7, 11) is 0. The fourth-order valence-corrected chi connectivity index (χ4v) is 2.60. The minimum Gasteiger partial charge on any atom is -0.369 e. The summed E-state index contributed by atoms with van der Waals surface area (Å²) in [5, 5.41) is 8.49. The molecule has 7 heteroatoms. The average molecular weight is 452 g/mol. The van der Waals surface area contributed by atoms with Gasteiger partial charge in [-0.2, -0.15) is 0 Å². The van der Waals surface area contributed by atoms with Crippen LogP contribution in [0.15, 0.2) is 22.5 Å². The fourth-order valence-electron chi connectivity index (χ4n) is 1.75. The van der Waals surface area contributed by atoms with Gasteiger partial charge in [0.1, 0.15) is 0 Å². The molecule has 0 radical (unpaired) electrons. The van der Waals surface area contributed by atoms with Gasteiger partial charge in [-0.25, -0.2) is 0 Å². The van der Waals surface area contributed by atoms with Gasteiger partial charge < -0.3 is 16.4 Å². The molecule has 0 fully saturated rings. The molecule has 0 bridgehead atoms. The molecule has 0 aliphatic rings. The van der Waals surface area contributed by atoms with E-state index in [1.54, 1.807) is 11.3 Å². The minimum atomic E-state index is -0.612. The molecule has 1 amide bonds. The summed E-state index contributed by atoms with van der Waals surface area (Å²) in [5.74, 6) is 0.385. The number of amides is 1. The van der Waals surface area contributed by atoms with Gasteiger partial charge >= 0.3 is 0 Å². The molecule has 0 spiro atoms. The second-order valence-corrected chi connectivity index (χ2v) is 7.61. The number of rotatable bonds is 7. The average Bonchev–Trinajstić information content (AvgIpc) is 2.96. The van der Waals surface area contributed by atoms with Crippen LogP contribution < -0.4 is 16.4 Å². The number of guanidine groups is 1. The van der Waals surface area contributed by atoms with Gasteiger partial charge in [-0.3, -0.25) is 9.79 Å². The molecule has 1 heterocycles. The molecule has 0 aromatic carbocycles. The van der Waals surface area contributed by atoms with Crippen molar-refractivity contribution in [2.24, 2.45) is 16.1 Å². The number of carbonyl (C=O) groups is 1. The Morgan fingerprint density at radius 3 is 2.43 bits per heavy atom. The van der Waals surface area contributed by atoms with E-state index in [4.69, 9.17) is 5.73 Å². The number of thiophene rings is 1. The van der Waals surface area contributed by atoms with Crippen LogP contribution in [-0.2, 0) is 10.2 Å². The third-order valence-electron chi connectivity index (χ3n) is 3.53. The van der Waals surface area contributed by atoms with Crippen LogP contribution >= 0.6 is 35.3 Å². The van der Waals surface area contributed by atoms with Crippen molar-refractivity contribution in [2.45, 2.75) is 40.0 Å². The van der Waals surface area contributed by atoms with Crippen molar-refractivity contribution in [3.05, 3.63) is 22.4 Å². The summed E-state index contributed by atoms with van der Waals surface area (Å²) in [4.78, 5) is 17.3. The highest BCUT2D eigenvalue weighted by atomic mass is 127. The smallest absolute Gasteiger partial charge is 0.224 e. The first-order valence-corrected chi connectivity index (χ1v) is 8.43. The van der Waals surface area contributed by atoms with E-state index in [1.165, 1.54) is 4.88 Å². The molecular formula is C16H29IN4OS. The number of nitrogens with one attached hydrogen (secondary N) is 2. The minimum absolute atomic E-state index is 0. The van der Waals surface area contributed by atoms with Crippen LogP contribution in [0.4, 0.5) is 0 Å². The summed E-state index contributed by atoms with van der Waals surface area (Å²) in [6.07, 6.45) is 0. The van der Waals surface area contributed by atoms with E-state index < -0.39 is 5.41 Å². The summed E-state index contributed by atoms with van der Waals surface area (Å²) in [5.41, 5.74) is 4.77. The van der Waals surface area contributed by atoms with E-state index in [0.717, 1.165) is 6.54 Å². The van der Waals surface area contributed by atoms with Crippen LogP contribution in [0.2, 0.25) is 0 Å². The standard InChI is InChI=1S/C16H28N4OS.HI/c1-6-18-14(20-11-16(4,5)13(17)21)19-10-15(2,3)12-8-7-9-22-12;/h7-9H,6,10-11H2,1-5H3,(H2,17,21)(H2,18,19,20);1H. The highest BCUT2D eigenvalue weighted by molar-refractivity contribution is 14.0. The van der Waals surface area contributed by atoms with E-state index in [2.05, 4.69) is 47.0 Å². The second-order valence-electron chi connectivity index (χ2n) is 6.66. The third kappa shape index (κ3) is 7.07. The molecule has 0 aliphatic carbocycles. The number of nitrogens with zero attached hydrogens (tertiary/aromatic N) is 1. The van der Waals surface area contributed by atoms with Crippen LogP contribution in [0.5, 0.6) is 0 Å². The van der Waals surface area contributed by atoms with Gasteiger partial charge in [-0.15, -0.1) is 35.3 Å². The lowest BCUT2D eigenvalue weighted by Crippen LogP contribution is -2.46. The topological polar surface area (TPSA) is 79.5 Å². The number of halogens is 1. The van der Waals surface area contributed by atoms with Crippen molar-refractivity contribution in [1.29, 1.82) is 0 Å². The van der Waals surface area contributed by atoms with Crippen molar-refractivity contribution >= 4 is 47.2 Å². The van der Waals surface area contributed by atoms with Gasteiger partial charge in [0.25, 0.3) is 0 Å². The number of nitrogens with two attached hydrogens (primary N) is 1. The molecule has 0 aliphatic heterocycles. The number of hydrogen-bond acceptors (Lipinski definition) is 3. The van der Waals surface area contributed by atoms with Gasteiger partial charge in [0.15, 0.2) is 5.96 Å². The van der Waals surface area contributed by atoms with Crippen molar-refractivity contribution < 1.29 is 4.79 Å². The SMILES string of the molecule is CCNC(=NCC(C)(C)c1cccs1)NCC(C)(C)C(N)=O.I. The molecule has 4 N–H and O–H groups in total. The first-order chi connectivity index (χ1) is 10.2. The Balaban J connectivity index is 0.00000484. The molecule has 132 valence electrons. The largest absolute Gasteiger partial charge is 0.369 e. The monoisotopic (exact) mass is 452 g/mol. The molecule has 1 aromatic heterocycles. The van der Waals surface area contributed by atoms with E-state index in [0.29, 0.717) is 19.0 Å². The van der Waals surface area contributed by atoms with Crippen LogP contribution in [0.3, 0.4) is 0 Å². The lowest BCUT2D eigenvalue weighted by molar-refractivity contribution is -0.125. The van der Waals surface area contributed by atoms with Crippen molar-refractivity contribution in [1.82, 2.24) is 10.6 Å². The van der Waals surface area contributed by atoms with Gasteiger partial charge in [-0.05, 0) is 32.2 Å². The normalized spacial score (nSPS) is 12.5. The number of carbonyl (C=O) groups excluding carboxylic acids is 1. The first kappa shape index (κ1) is 22.2. The Hall–Kier alpha value is -0.830. The van der Waals surface area contributed by atoms with Gasteiger partial charge in [0.05, 0.1) is 12.0 Å². The number of primary amides is 1. The highest BCUT2D eigenvalue weighted by Gasteiger charge is 2.25. The van der Waals surface area contributed by atoms with Gasteiger partial charge in [-0.1, -0.05) is 19.9 Å². The zero-order valence-electron chi connectivity index (χ0n) is 14.6. The lowest BCUT2D eigenvalue weighted by atomic mass is 9.92. The number of aliphatic imine (C=N–C) groups is 1. The van der Waals surface area contributed by atoms with E-state index in [1.807, 2.05) is 20.8 Å². The van der Waals surface area contributed by atoms with Crippen LogP contribution in [-0.4, -0.2) is 31.5 Å². The quantitative estimate of drug-likeness (QED) is 0.338. The predicted octanol–water partition coefficient (Wildman–Crippen LogP) is 2.71. The van der Waals surface area contributed by atoms with Gasteiger partial charge in [0, 0.05) is 23.4 Å². The first-order valence-electron chi connectivity index (χ1n) is 7.55. The maximum absolute atomic E-state index is 11.4. The summed E-state index contributed by atoms with van der Waals surface area (Å²) in [6, 6.07) is 4.20. The van der Waals surface area contributed by atoms with Crippen LogP contribution in [0.1, 0.15) is 39.5 Å². The van der Waals surface area contributed by atoms with Crippen molar-refractivity contribution in [3.8, 4) is 0 Å². The van der Waals surface area contributed by atoms with E-state index in [-0.39, 0.29) is 35.3 Å². The predicted molar refractivity (Wildman–Crippen MR) is 110 cm³/mol. The zero-order chi connectivity index (χ0) is 16.8. The molecule has 0 atom stereocenters. The Morgan fingerprint density at radius 2 is 1.96 bits per heavy atom. The lowest BCUT2D eigenvalue weighted by Gasteiger charge is -2.24. The summed E-state index contributed by atoms with van der Waals surface area (Å²) >= 11 is 1.75. The molecule has 0 saturated carbocycles. The van der Waals surface area contributed by atoms with E-state index >= 15 is 0 Å². The van der Waals surface area contributed by atoms with Crippen molar-refractivity contribution in [3.63, 3.8) is 0 Å². The van der Waals surface area contributed by atoms with Crippen molar-refractivity contribution in [2.75, 3.05) is 19.6 Å².